The zero-order chi connectivity index (χ0) is 22.3. The van der Waals surface area contributed by atoms with Crippen molar-refractivity contribution in [2.45, 2.75) is 13.1 Å². The molecule has 4 rings (SSSR count). The molecule has 4 N–H and O–H groups in total. The van der Waals surface area contributed by atoms with Gasteiger partial charge in [-0.2, -0.15) is 5.10 Å². The third-order valence-electron chi connectivity index (χ3n) is 5.04. The zero-order valence-electron chi connectivity index (χ0n) is 17.4. The second kappa shape index (κ2) is 9.61. The quantitative estimate of drug-likeness (QED) is 0.417. The summed E-state index contributed by atoms with van der Waals surface area (Å²) < 4.78 is 1.88. The van der Waals surface area contributed by atoms with Crippen molar-refractivity contribution in [1.82, 2.24) is 15.1 Å². The molecule has 0 unspecified atom stereocenters. The van der Waals surface area contributed by atoms with Crippen molar-refractivity contribution >= 4 is 17.6 Å². The van der Waals surface area contributed by atoms with Crippen LogP contribution < -0.4 is 16.4 Å². The van der Waals surface area contributed by atoms with E-state index in [0.29, 0.717) is 17.8 Å². The van der Waals surface area contributed by atoms with Crippen LogP contribution in [-0.2, 0) is 13.1 Å². The fourth-order valence-electron chi connectivity index (χ4n) is 3.45. The number of benzene rings is 3. The highest BCUT2D eigenvalue weighted by Crippen LogP contribution is 2.24. The smallest absolute Gasteiger partial charge is 0.316 e. The molecule has 1 aromatic heterocycles. The molecule has 3 aromatic carbocycles. The molecule has 0 bridgehead atoms. The van der Waals surface area contributed by atoms with Gasteiger partial charge in [0.1, 0.15) is 0 Å². The Morgan fingerprint density at radius 2 is 1.66 bits per heavy atom. The molecule has 32 heavy (non-hydrogen) atoms. The lowest BCUT2D eigenvalue weighted by Crippen LogP contribution is -2.23. The molecule has 4 aromatic rings. The third kappa shape index (κ3) is 5.20. The molecule has 0 spiro atoms. The summed E-state index contributed by atoms with van der Waals surface area (Å²) in [7, 11) is 0. The molecule has 0 atom stereocenters. The van der Waals surface area contributed by atoms with Gasteiger partial charge in [-0.3, -0.25) is 9.48 Å². The van der Waals surface area contributed by atoms with Crippen molar-refractivity contribution in [3.05, 3.63) is 108 Å². The lowest BCUT2D eigenvalue weighted by molar-refractivity contribution is 0.0951. The minimum absolute atomic E-state index is 0.194. The van der Waals surface area contributed by atoms with Crippen LogP contribution in [0.15, 0.2) is 91.3 Å². The van der Waals surface area contributed by atoms with Crippen LogP contribution in [0.5, 0.6) is 0 Å². The van der Waals surface area contributed by atoms with Gasteiger partial charge in [-0.15, -0.1) is 0 Å². The number of primary amides is 1. The molecule has 0 fully saturated rings. The summed E-state index contributed by atoms with van der Waals surface area (Å²) in [4.78, 5) is 23.5. The van der Waals surface area contributed by atoms with Crippen molar-refractivity contribution in [2.75, 3.05) is 5.32 Å². The first-order valence-corrected chi connectivity index (χ1v) is 10.2. The van der Waals surface area contributed by atoms with Crippen molar-refractivity contribution in [3.8, 4) is 11.1 Å². The monoisotopic (exact) mass is 425 g/mol. The van der Waals surface area contributed by atoms with E-state index >= 15 is 0 Å². The Balaban J connectivity index is 1.43. The predicted molar refractivity (Wildman–Crippen MR) is 124 cm³/mol. The Kier molecular flexibility index (Phi) is 6.27. The summed E-state index contributed by atoms with van der Waals surface area (Å²) in [5, 5.41) is 9.68. The maximum absolute atomic E-state index is 12.6. The van der Waals surface area contributed by atoms with E-state index in [1.54, 1.807) is 30.5 Å². The van der Waals surface area contributed by atoms with Crippen molar-refractivity contribution in [3.63, 3.8) is 0 Å². The average Bonchev–Trinajstić information content (AvgIpc) is 3.31. The largest absolute Gasteiger partial charge is 0.351 e. The van der Waals surface area contributed by atoms with E-state index in [4.69, 9.17) is 5.73 Å². The van der Waals surface area contributed by atoms with E-state index in [9.17, 15) is 9.59 Å². The highest BCUT2D eigenvalue weighted by Gasteiger charge is 2.09. The van der Waals surface area contributed by atoms with Crippen LogP contribution in [0, 0.1) is 0 Å². The van der Waals surface area contributed by atoms with Gasteiger partial charge >= 0.3 is 6.03 Å². The summed E-state index contributed by atoms with van der Waals surface area (Å²) in [5.74, 6) is -0.194. The number of urea groups is 1. The van der Waals surface area contributed by atoms with Crippen molar-refractivity contribution < 1.29 is 9.59 Å². The minimum Gasteiger partial charge on any atom is -0.351 e. The normalized spacial score (nSPS) is 10.5. The molecular formula is C25H23N5O2. The lowest BCUT2D eigenvalue weighted by Gasteiger charge is -2.12. The fourth-order valence-corrected chi connectivity index (χ4v) is 3.45. The maximum Gasteiger partial charge on any atom is 0.316 e. The van der Waals surface area contributed by atoms with Gasteiger partial charge in [-0.25, -0.2) is 4.79 Å². The summed E-state index contributed by atoms with van der Waals surface area (Å²) in [6.45, 7) is 1.12. The Bertz CT molecular complexity index is 1200. The summed E-state index contributed by atoms with van der Waals surface area (Å²) in [6, 6.07) is 24.2. The van der Waals surface area contributed by atoms with E-state index < -0.39 is 6.03 Å². The first-order chi connectivity index (χ1) is 15.6. The van der Waals surface area contributed by atoms with Gasteiger partial charge in [-0.1, -0.05) is 48.5 Å². The number of nitrogens with one attached hydrogen (secondary N) is 2. The molecule has 0 aliphatic carbocycles. The first kappa shape index (κ1) is 20.9. The predicted octanol–water partition coefficient (Wildman–Crippen LogP) is 4.02. The number of nitrogens with two attached hydrogens (primary N) is 1. The van der Waals surface area contributed by atoms with E-state index in [-0.39, 0.29) is 5.91 Å². The Labute approximate surface area is 185 Å². The first-order valence-electron chi connectivity index (χ1n) is 10.2. The van der Waals surface area contributed by atoms with Crippen molar-refractivity contribution in [1.29, 1.82) is 0 Å². The van der Waals surface area contributed by atoms with E-state index in [2.05, 4.69) is 40.0 Å². The number of carbonyl (C=O) groups excluding carboxylic acids is 2. The number of hydrogen-bond acceptors (Lipinski definition) is 3. The number of hydrogen-bond donors (Lipinski definition) is 3. The molecule has 160 valence electrons. The van der Waals surface area contributed by atoms with Gasteiger partial charge in [0.25, 0.3) is 5.91 Å². The van der Waals surface area contributed by atoms with E-state index in [1.165, 1.54) is 0 Å². The number of nitrogens with zero attached hydrogens (tertiary/aromatic N) is 2. The molecular weight excluding hydrogens is 402 g/mol. The standard InChI is InChI=1S/C25H23N5O2/c26-25(32)29-22-12-10-20(11-13-22)24(31)27-16-21-4-1-2-5-23(21)19-8-6-18(7-9-19)17-30-15-3-14-28-30/h1-15H,16-17H2,(H,27,31)(H3,26,29,32). The maximum atomic E-state index is 12.6. The van der Waals surface area contributed by atoms with Gasteiger partial charge in [0.15, 0.2) is 0 Å². The second-order valence-corrected chi connectivity index (χ2v) is 7.31. The molecule has 7 nitrogen and oxygen atoms in total. The molecule has 0 saturated heterocycles. The Hall–Kier alpha value is -4.39. The Morgan fingerprint density at radius 1 is 0.906 bits per heavy atom. The third-order valence-corrected chi connectivity index (χ3v) is 5.04. The average molecular weight is 425 g/mol. The summed E-state index contributed by atoms with van der Waals surface area (Å²) in [5.41, 5.74) is 10.5. The minimum atomic E-state index is -0.645. The van der Waals surface area contributed by atoms with Gasteiger partial charge in [0.05, 0.1) is 6.54 Å². The van der Waals surface area contributed by atoms with Crippen molar-refractivity contribution in [2.24, 2.45) is 5.73 Å². The highest BCUT2D eigenvalue weighted by molar-refractivity contribution is 5.95. The number of anilines is 1. The molecule has 0 aliphatic rings. The number of rotatable bonds is 7. The highest BCUT2D eigenvalue weighted by atomic mass is 16.2. The molecule has 0 radical (unpaired) electrons. The van der Waals surface area contributed by atoms with Crippen LogP contribution in [0.4, 0.5) is 10.5 Å². The molecule has 0 aliphatic heterocycles. The van der Waals surface area contributed by atoms with Crippen LogP contribution in [0.25, 0.3) is 11.1 Å². The molecule has 1 heterocycles. The van der Waals surface area contributed by atoms with Gasteiger partial charge in [0.2, 0.25) is 0 Å². The van der Waals surface area contributed by atoms with E-state index in [0.717, 1.165) is 28.8 Å². The topological polar surface area (TPSA) is 102 Å². The van der Waals surface area contributed by atoms with Crippen LogP contribution >= 0.6 is 0 Å². The number of aromatic nitrogens is 2. The summed E-state index contributed by atoms with van der Waals surface area (Å²) in [6.07, 6.45) is 3.71. The second-order valence-electron chi connectivity index (χ2n) is 7.31. The Morgan fingerprint density at radius 3 is 2.34 bits per heavy atom. The SMILES string of the molecule is NC(=O)Nc1ccc(C(=O)NCc2ccccc2-c2ccc(Cn3cccn3)cc2)cc1. The number of amides is 3. The van der Waals surface area contributed by atoms with Crippen LogP contribution in [-0.4, -0.2) is 21.7 Å². The lowest BCUT2D eigenvalue weighted by atomic mass is 9.98. The zero-order valence-corrected chi connectivity index (χ0v) is 17.4. The van der Waals surface area contributed by atoms with Gasteiger partial charge < -0.3 is 16.4 Å². The number of carbonyl (C=O) groups is 2. The van der Waals surface area contributed by atoms with Gasteiger partial charge in [-0.05, 0) is 52.6 Å². The molecule has 3 amide bonds. The molecule has 7 heteroatoms. The fraction of sp³-hybridized carbons (Fsp3) is 0.0800. The van der Waals surface area contributed by atoms with E-state index in [1.807, 2.05) is 41.2 Å². The van der Waals surface area contributed by atoms with Gasteiger partial charge in [0, 0.05) is 30.2 Å². The summed E-state index contributed by atoms with van der Waals surface area (Å²) >= 11 is 0. The van der Waals surface area contributed by atoms with Crippen LogP contribution in [0.3, 0.4) is 0 Å². The van der Waals surface area contributed by atoms with Crippen LogP contribution in [0.2, 0.25) is 0 Å². The molecule has 0 saturated carbocycles. The van der Waals surface area contributed by atoms with Crippen LogP contribution in [0.1, 0.15) is 21.5 Å².